The topological polar surface area (TPSA) is 21.3 Å². The molecule has 0 amide bonds. The lowest BCUT2D eigenvalue weighted by molar-refractivity contribution is 0.395. The van der Waals surface area contributed by atoms with E-state index in [1.807, 2.05) is 6.92 Å². The van der Waals surface area contributed by atoms with Gasteiger partial charge in [-0.3, -0.25) is 0 Å². The number of hydrogen-bond donors (Lipinski definition) is 1. The van der Waals surface area contributed by atoms with E-state index in [1.165, 1.54) is 13.2 Å². The molecule has 88 valence electrons. The number of halogens is 2. The van der Waals surface area contributed by atoms with E-state index in [-0.39, 0.29) is 11.4 Å². The van der Waals surface area contributed by atoms with Crippen molar-refractivity contribution in [1.29, 1.82) is 0 Å². The first-order chi connectivity index (χ1) is 7.57. The van der Waals surface area contributed by atoms with Gasteiger partial charge in [0.05, 0.1) is 12.1 Å². The van der Waals surface area contributed by atoms with Crippen LogP contribution in [0.3, 0.4) is 0 Å². The zero-order chi connectivity index (χ0) is 11.8. The molecule has 0 spiro atoms. The number of rotatable bonds is 2. The maximum absolute atomic E-state index is 13.9. The molecule has 0 saturated carbocycles. The Morgan fingerprint density at radius 1 is 1.50 bits per heavy atom. The van der Waals surface area contributed by atoms with Gasteiger partial charge in [-0.15, -0.1) is 0 Å². The molecule has 0 bridgehead atoms. The molecule has 1 aromatic carbocycles. The molecule has 1 heterocycles. The third-order valence-corrected chi connectivity index (χ3v) is 3.50. The van der Waals surface area contributed by atoms with Gasteiger partial charge >= 0.3 is 0 Å². The van der Waals surface area contributed by atoms with Crippen LogP contribution in [-0.4, -0.2) is 13.7 Å². The lowest BCUT2D eigenvalue weighted by atomic mass is 9.90. The second-order valence-corrected chi connectivity index (χ2v) is 4.74. The first-order valence-electron chi connectivity index (χ1n) is 5.35. The summed E-state index contributed by atoms with van der Waals surface area (Å²) in [7, 11) is 1.48. The smallest absolute Gasteiger partial charge is 0.140 e. The summed E-state index contributed by atoms with van der Waals surface area (Å²) in [5.74, 6) is 0.114. The summed E-state index contributed by atoms with van der Waals surface area (Å²) in [5.41, 5.74) is 0.316. The number of ether oxygens (including phenoxy) is 1. The summed E-state index contributed by atoms with van der Waals surface area (Å²) >= 11 is 6.02. The fourth-order valence-electron chi connectivity index (χ4n) is 2.23. The van der Waals surface area contributed by atoms with Crippen LogP contribution >= 0.6 is 11.6 Å². The van der Waals surface area contributed by atoms with Crippen molar-refractivity contribution < 1.29 is 9.13 Å². The monoisotopic (exact) mass is 243 g/mol. The Morgan fingerprint density at radius 3 is 2.81 bits per heavy atom. The van der Waals surface area contributed by atoms with Crippen molar-refractivity contribution in [2.75, 3.05) is 13.7 Å². The van der Waals surface area contributed by atoms with Gasteiger partial charge in [0.2, 0.25) is 0 Å². The van der Waals surface area contributed by atoms with Gasteiger partial charge in [0, 0.05) is 17.2 Å². The van der Waals surface area contributed by atoms with Gasteiger partial charge in [-0.05, 0) is 32.4 Å². The predicted octanol–water partition coefficient (Wildman–Crippen LogP) is 3.09. The third-order valence-electron chi connectivity index (χ3n) is 3.20. The molecule has 1 N–H and O–H groups in total. The summed E-state index contributed by atoms with van der Waals surface area (Å²) in [6.45, 7) is 2.92. The Hall–Kier alpha value is -0.800. The molecule has 1 atom stereocenters. The molecule has 1 aliphatic rings. The number of methoxy groups -OCH3 is 1. The van der Waals surface area contributed by atoms with Crippen LogP contribution in [0.15, 0.2) is 12.1 Å². The zero-order valence-corrected chi connectivity index (χ0v) is 10.2. The van der Waals surface area contributed by atoms with Crippen molar-refractivity contribution in [3.8, 4) is 5.75 Å². The average molecular weight is 244 g/mol. The Kier molecular flexibility index (Phi) is 3.08. The molecule has 1 saturated heterocycles. The molecule has 1 aromatic rings. The van der Waals surface area contributed by atoms with Crippen LogP contribution in [0.25, 0.3) is 0 Å². The summed E-state index contributed by atoms with van der Waals surface area (Å²) in [4.78, 5) is 0. The predicted molar refractivity (Wildman–Crippen MR) is 62.6 cm³/mol. The molecule has 16 heavy (non-hydrogen) atoms. The SMILES string of the molecule is COc1cc(F)c(C2(C)CCCN2)cc1Cl. The molecule has 2 rings (SSSR count). The minimum Gasteiger partial charge on any atom is -0.495 e. The summed E-state index contributed by atoms with van der Waals surface area (Å²) < 4.78 is 18.9. The molecule has 0 aliphatic carbocycles. The van der Waals surface area contributed by atoms with Crippen LogP contribution in [-0.2, 0) is 5.54 Å². The van der Waals surface area contributed by atoms with Gasteiger partial charge in [0.25, 0.3) is 0 Å². The first kappa shape index (κ1) is 11.7. The molecular weight excluding hydrogens is 229 g/mol. The zero-order valence-electron chi connectivity index (χ0n) is 9.44. The lowest BCUT2D eigenvalue weighted by Gasteiger charge is -2.26. The van der Waals surface area contributed by atoms with Crippen molar-refractivity contribution >= 4 is 11.6 Å². The van der Waals surface area contributed by atoms with Crippen molar-refractivity contribution in [1.82, 2.24) is 5.32 Å². The molecule has 1 aliphatic heterocycles. The van der Waals surface area contributed by atoms with Crippen LogP contribution in [0, 0.1) is 5.82 Å². The van der Waals surface area contributed by atoms with Gasteiger partial charge in [-0.25, -0.2) is 4.39 Å². The standard InChI is InChI=1S/C12H15ClFNO/c1-12(4-3-5-15-12)8-6-9(13)11(16-2)7-10(8)14/h6-7,15H,3-5H2,1-2H3. The highest BCUT2D eigenvalue weighted by atomic mass is 35.5. The van der Waals surface area contributed by atoms with Crippen molar-refractivity contribution in [2.45, 2.75) is 25.3 Å². The number of nitrogens with one attached hydrogen (secondary N) is 1. The summed E-state index contributed by atoms with van der Waals surface area (Å²) in [5, 5.41) is 3.77. The van der Waals surface area contributed by atoms with E-state index in [1.54, 1.807) is 6.07 Å². The largest absolute Gasteiger partial charge is 0.495 e. The van der Waals surface area contributed by atoms with E-state index < -0.39 is 0 Å². The van der Waals surface area contributed by atoms with Crippen LogP contribution in [0.4, 0.5) is 4.39 Å². The fraction of sp³-hybridized carbons (Fsp3) is 0.500. The van der Waals surface area contributed by atoms with E-state index in [2.05, 4.69) is 5.32 Å². The van der Waals surface area contributed by atoms with Crippen LogP contribution in [0.2, 0.25) is 5.02 Å². The number of hydrogen-bond acceptors (Lipinski definition) is 2. The minimum atomic E-state index is -0.306. The molecule has 2 nitrogen and oxygen atoms in total. The van der Waals surface area contributed by atoms with Crippen LogP contribution < -0.4 is 10.1 Å². The Balaban J connectivity index is 2.45. The van der Waals surface area contributed by atoms with Gasteiger partial charge in [-0.1, -0.05) is 11.6 Å². The van der Waals surface area contributed by atoms with Crippen LogP contribution in [0.5, 0.6) is 5.75 Å². The van der Waals surface area contributed by atoms with Crippen molar-refractivity contribution in [3.63, 3.8) is 0 Å². The van der Waals surface area contributed by atoms with E-state index in [0.29, 0.717) is 16.3 Å². The summed E-state index contributed by atoms with van der Waals surface area (Å²) in [6, 6.07) is 3.01. The molecule has 0 aromatic heterocycles. The van der Waals surface area contributed by atoms with Gasteiger partial charge in [0.15, 0.2) is 0 Å². The maximum atomic E-state index is 13.9. The van der Waals surface area contributed by atoms with Gasteiger partial charge < -0.3 is 10.1 Å². The molecule has 0 radical (unpaired) electrons. The van der Waals surface area contributed by atoms with E-state index in [0.717, 1.165) is 19.4 Å². The Morgan fingerprint density at radius 2 is 2.25 bits per heavy atom. The molecule has 1 fully saturated rings. The quantitative estimate of drug-likeness (QED) is 0.862. The Labute approximate surface area is 99.7 Å². The van der Waals surface area contributed by atoms with Gasteiger partial charge in [0.1, 0.15) is 11.6 Å². The van der Waals surface area contributed by atoms with Gasteiger partial charge in [-0.2, -0.15) is 0 Å². The minimum absolute atomic E-state index is 0.266. The molecule has 4 heteroatoms. The first-order valence-corrected chi connectivity index (χ1v) is 5.73. The highest BCUT2D eigenvalue weighted by Crippen LogP contribution is 2.36. The maximum Gasteiger partial charge on any atom is 0.140 e. The van der Waals surface area contributed by atoms with Crippen molar-refractivity contribution in [3.05, 3.63) is 28.5 Å². The normalized spacial score (nSPS) is 24.8. The molecular formula is C12H15ClFNO. The molecule has 1 unspecified atom stereocenters. The van der Waals surface area contributed by atoms with Crippen LogP contribution in [0.1, 0.15) is 25.3 Å². The second kappa shape index (κ2) is 4.22. The lowest BCUT2D eigenvalue weighted by Crippen LogP contribution is -2.34. The van der Waals surface area contributed by atoms with E-state index in [9.17, 15) is 4.39 Å². The average Bonchev–Trinajstić information content (AvgIpc) is 2.69. The van der Waals surface area contributed by atoms with E-state index in [4.69, 9.17) is 16.3 Å². The highest BCUT2D eigenvalue weighted by molar-refractivity contribution is 6.32. The number of benzene rings is 1. The Bertz CT molecular complexity index is 402. The fourth-order valence-corrected chi connectivity index (χ4v) is 2.47. The van der Waals surface area contributed by atoms with Crippen molar-refractivity contribution in [2.24, 2.45) is 0 Å². The highest BCUT2D eigenvalue weighted by Gasteiger charge is 2.33. The van der Waals surface area contributed by atoms with E-state index >= 15 is 0 Å². The second-order valence-electron chi connectivity index (χ2n) is 4.33. The summed E-state index contributed by atoms with van der Waals surface area (Å²) in [6.07, 6.45) is 1.98. The third kappa shape index (κ3) is 1.89.